The van der Waals surface area contributed by atoms with Crippen LogP contribution in [0.4, 0.5) is 0 Å². The van der Waals surface area contributed by atoms with E-state index in [0.29, 0.717) is 24.1 Å². The van der Waals surface area contributed by atoms with Gasteiger partial charge in [0.05, 0.1) is 18.3 Å². The van der Waals surface area contributed by atoms with Gasteiger partial charge in [0.1, 0.15) is 5.58 Å². The largest absolute Gasteiger partial charge is 0.464 e. The third-order valence-corrected chi connectivity index (χ3v) is 3.37. The third-order valence-electron chi connectivity index (χ3n) is 3.37. The Kier molecular flexibility index (Phi) is 3.66. The van der Waals surface area contributed by atoms with Crippen molar-refractivity contribution in [3.8, 4) is 0 Å². The highest BCUT2D eigenvalue weighted by Gasteiger charge is 2.13. The molecular formula is C14H17NO4. The Morgan fingerprint density at radius 2 is 2.32 bits per heavy atom. The summed E-state index contributed by atoms with van der Waals surface area (Å²) in [5.41, 5.74) is 0.581. The van der Waals surface area contributed by atoms with E-state index in [1.807, 2.05) is 0 Å². The van der Waals surface area contributed by atoms with Crippen molar-refractivity contribution in [3.63, 3.8) is 0 Å². The SMILES string of the molecule is O=c1c2ccoc2ccn1CCO[C@H]1CCCCO1. The van der Waals surface area contributed by atoms with Gasteiger partial charge in [0.2, 0.25) is 0 Å². The Bertz CT molecular complexity index is 595. The predicted octanol–water partition coefficient (Wildman–Crippen LogP) is 2.14. The maximum Gasteiger partial charge on any atom is 0.261 e. The maximum atomic E-state index is 12.1. The number of aromatic nitrogens is 1. The van der Waals surface area contributed by atoms with Crippen molar-refractivity contribution in [1.29, 1.82) is 0 Å². The van der Waals surface area contributed by atoms with Gasteiger partial charge < -0.3 is 18.5 Å². The van der Waals surface area contributed by atoms with E-state index in [9.17, 15) is 4.79 Å². The third kappa shape index (κ3) is 2.72. The number of rotatable bonds is 4. The second-order valence-corrected chi connectivity index (χ2v) is 4.68. The van der Waals surface area contributed by atoms with Crippen LogP contribution in [0.15, 0.2) is 33.8 Å². The first-order valence-corrected chi connectivity index (χ1v) is 6.64. The fourth-order valence-electron chi connectivity index (χ4n) is 2.31. The van der Waals surface area contributed by atoms with Crippen LogP contribution in [0, 0.1) is 0 Å². The lowest BCUT2D eigenvalue weighted by Gasteiger charge is -2.22. The van der Waals surface area contributed by atoms with Gasteiger partial charge in [0, 0.05) is 19.3 Å². The molecule has 1 saturated heterocycles. The molecule has 0 radical (unpaired) electrons. The van der Waals surface area contributed by atoms with E-state index in [4.69, 9.17) is 13.9 Å². The molecular weight excluding hydrogens is 246 g/mol. The van der Waals surface area contributed by atoms with E-state index in [0.717, 1.165) is 25.9 Å². The molecule has 0 N–H and O–H groups in total. The lowest BCUT2D eigenvalue weighted by atomic mass is 10.2. The zero-order chi connectivity index (χ0) is 13.1. The number of hydrogen-bond donors (Lipinski definition) is 0. The molecule has 102 valence electrons. The Morgan fingerprint density at radius 1 is 1.37 bits per heavy atom. The van der Waals surface area contributed by atoms with Crippen LogP contribution in [0.3, 0.4) is 0 Å². The normalized spacial score (nSPS) is 19.9. The van der Waals surface area contributed by atoms with Gasteiger partial charge in [-0.1, -0.05) is 0 Å². The van der Waals surface area contributed by atoms with Crippen molar-refractivity contribution < 1.29 is 13.9 Å². The van der Waals surface area contributed by atoms with Gasteiger partial charge in [-0.2, -0.15) is 0 Å². The van der Waals surface area contributed by atoms with Crippen molar-refractivity contribution in [1.82, 2.24) is 4.57 Å². The van der Waals surface area contributed by atoms with Crippen LogP contribution in [-0.4, -0.2) is 24.1 Å². The second-order valence-electron chi connectivity index (χ2n) is 4.68. The molecule has 1 aliphatic heterocycles. The van der Waals surface area contributed by atoms with Crippen molar-refractivity contribution in [2.24, 2.45) is 0 Å². The first-order valence-electron chi connectivity index (χ1n) is 6.64. The molecule has 2 aromatic heterocycles. The maximum absolute atomic E-state index is 12.1. The van der Waals surface area contributed by atoms with E-state index in [2.05, 4.69) is 0 Å². The molecule has 3 heterocycles. The minimum atomic E-state index is -0.109. The molecule has 1 atom stereocenters. The van der Waals surface area contributed by atoms with Gasteiger partial charge in [-0.3, -0.25) is 4.79 Å². The molecule has 0 bridgehead atoms. The molecule has 0 saturated carbocycles. The molecule has 3 rings (SSSR count). The second kappa shape index (κ2) is 5.59. The number of ether oxygens (including phenoxy) is 2. The van der Waals surface area contributed by atoms with Gasteiger partial charge in [-0.25, -0.2) is 0 Å². The Morgan fingerprint density at radius 3 is 3.16 bits per heavy atom. The fraction of sp³-hybridized carbons (Fsp3) is 0.500. The average Bonchev–Trinajstić information content (AvgIpc) is 2.92. The Balaban J connectivity index is 1.61. The van der Waals surface area contributed by atoms with Crippen molar-refractivity contribution in [2.75, 3.05) is 13.2 Å². The van der Waals surface area contributed by atoms with Crippen LogP contribution >= 0.6 is 0 Å². The van der Waals surface area contributed by atoms with Gasteiger partial charge in [-0.05, 0) is 31.4 Å². The summed E-state index contributed by atoms with van der Waals surface area (Å²) in [5, 5.41) is 0.608. The van der Waals surface area contributed by atoms with E-state index in [-0.39, 0.29) is 11.8 Å². The molecule has 0 aromatic carbocycles. The number of furan rings is 1. The summed E-state index contributed by atoms with van der Waals surface area (Å²) < 4.78 is 17.9. The van der Waals surface area contributed by atoms with Gasteiger partial charge >= 0.3 is 0 Å². The highest BCUT2D eigenvalue weighted by Crippen LogP contribution is 2.13. The summed E-state index contributed by atoms with van der Waals surface area (Å²) >= 11 is 0. The van der Waals surface area contributed by atoms with E-state index in [1.165, 1.54) is 6.26 Å². The van der Waals surface area contributed by atoms with Crippen LogP contribution in [0.25, 0.3) is 11.0 Å². The molecule has 0 unspecified atom stereocenters. The first-order chi connectivity index (χ1) is 9.34. The summed E-state index contributed by atoms with van der Waals surface area (Å²) in [6, 6.07) is 3.49. The molecule has 0 spiro atoms. The standard InChI is InChI=1S/C14H17NO4/c16-14-11-5-9-17-12(11)4-6-15(14)7-10-19-13-3-1-2-8-18-13/h4-6,9,13H,1-3,7-8,10H2/t13-/m0/s1. The molecule has 5 heteroatoms. The summed E-state index contributed by atoms with van der Waals surface area (Å²) in [6.45, 7) is 1.78. The quantitative estimate of drug-likeness (QED) is 0.848. The fourth-order valence-corrected chi connectivity index (χ4v) is 2.31. The van der Waals surface area contributed by atoms with Gasteiger partial charge in [0.15, 0.2) is 6.29 Å². The lowest BCUT2D eigenvalue weighted by molar-refractivity contribution is -0.163. The van der Waals surface area contributed by atoms with Gasteiger partial charge in [0.25, 0.3) is 5.56 Å². The molecule has 0 amide bonds. The molecule has 0 aliphatic carbocycles. The summed E-state index contributed by atoms with van der Waals surface area (Å²) in [6.07, 6.45) is 6.35. The number of hydrogen-bond acceptors (Lipinski definition) is 4. The summed E-state index contributed by atoms with van der Waals surface area (Å²) in [7, 11) is 0. The van der Waals surface area contributed by atoms with E-state index in [1.54, 1.807) is 22.9 Å². The number of pyridine rings is 1. The lowest BCUT2D eigenvalue weighted by Crippen LogP contribution is -2.26. The summed E-state index contributed by atoms with van der Waals surface area (Å²) in [5.74, 6) is 0. The average molecular weight is 263 g/mol. The summed E-state index contributed by atoms with van der Waals surface area (Å²) in [4.78, 5) is 12.1. The number of nitrogens with zero attached hydrogens (tertiary/aromatic N) is 1. The minimum absolute atomic E-state index is 0.0422. The Labute approximate surface area is 110 Å². The molecule has 1 aliphatic rings. The van der Waals surface area contributed by atoms with Crippen LogP contribution < -0.4 is 5.56 Å². The predicted molar refractivity (Wildman–Crippen MR) is 70.0 cm³/mol. The molecule has 5 nitrogen and oxygen atoms in total. The number of fused-ring (bicyclic) bond motifs is 1. The van der Waals surface area contributed by atoms with E-state index < -0.39 is 0 Å². The first kappa shape index (κ1) is 12.4. The Hall–Kier alpha value is -1.59. The van der Waals surface area contributed by atoms with E-state index >= 15 is 0 Å². The zero-order valence-electron chi connectivity index (χ0n) is 10.7. The highest BCUT2D eigenvalue weighted by atomic mass is 16.7. The molecule has 1 fully saturated rings. The van der Waals surface area contributed by atoms with Crippen LogP contribution in [0.2, 0.25) is 0 Å². The monoisotopic (exact) mass is 263 g/mol. The van der Waals surface area contributed by atoms with Gasteiger partial charge in [-0.15, -0.1) is 0 Å². The van der Waals surface area contributed by atoms with Crippen molar-refractivity contribution >= 4 is 11.0 Å². The zero-order valence-corrected chi connectivity index (χ0v) is 10.7. The smallest absolute Gasteiger partial charge is 0.261 e. The molecule has 19 heavy (non-hydrogen) atoms. The van der Waals surface area contributed by atoms with Crippen LogP contribution in [0.5, 0.6) is 0 Å². The van der Waals surface area contributed by atoms with Crippen LogP contribution in [0.1, 0.15) is 19.3 Å². The van der Waals surface area contributed by atoms with Crippen molar-refractivity contribution in [3.05, 3.63) is 34.9 Å². The van der Waals surface area contributed by atoms with Crippen LogP contribution in [-0.2, 0) is 16.0 Å². The highest BCUT2D eigenvalue weighted by molar-refractivity contribution is 5.75. The minimum Gasteiger partial charge on any atom is -0.464 e. The van der Waals surface area contributed by atoms with Crippen molar-refractivity contribution in [2.45, 2.75) is 32.1 Å². The topological polar surface area (TPSA) is 53.6 Å². The molecule has 2 aromatic rings.